The third-order valence-electron chi connectivity index (χ3n) is 7.95. The van der Waals surface area contributed by atoms with E-state index >= 15 is 0 Å². The highest BCUT2D eigenvalue weighted by atomic mass is 35.5. The van der Waals surface area contributed by atoms with Crippen LogP contribution in [0, 0.1) is 0 Å². The van der Waals surface area contributed by atoms with E-state index in [-0.39, 0.29) is 23.6 Å². The van der Waals surface area contributed by atoms with Crippen LogP contribution in [0.3, 0.4) is 0 Å². The van der Waals surface area contributed by atoms with E-state index in [1.165, 1.54) is 10.9 Å². The number of ether oxygens (including phenoxy) is 1. The number of hydrogen-bond donors (Lipinski definition) is 1. The van der Waals surface area contributed by atoms with Gasteiger partial charge in [0.2, 0.25) is 0 Å². The molecule has 3 heterocycles. The van der Waals surface area contributed by atoms with Gasteiger partial charge in [-0.15, -0.1) is 0 Å². The number of nitrogens with zero attached hydrogens (tertiary/aromatic N) is 4. The summed E-state index contributed by atoms with van der Waals surface area (Å²) in [5.74, 6) is 5.27. The third kappa shape index (κ3) is 5.40. The number of benzene rings is 2. The summed E-state index contributed by atoms with van der Waals surface area (Å²) in [6.07, 6.45) is 3.23. The van der Waals surface area contributed by atoms with Gasteiger partial charge in [-0.3, -0.25) is 24.0 Å². The minimum Gasteiger partial charge on any atom is -0.493 e. The molecule has 0 aliphatic carbocycles. The molecule has 5 rings (SSSR count). The Morgan fingerprint density at radius 2 is 1.77 bits per heavy atom. The van der Waals surface area contributed by atoms with Crippen molar-refractivity contribution in [3.8, 4) is 5.75 Å². The first-order valence-electron chi connectivity index (χ1n) is 13.9. The van der Waals surface area contributed by atoms with Crippen LogP contribution in [-0.2, 0) is 11.3 Å². The van der Waals surface area contributed by atoms with Gasteiger partial charge in [-0.25, -0.2) is 0 Å². The van der Waals surface area contributed by atoms with E-state index in [4.69, 9.17) is 22.2 Å². The molecule has 2 fully saturated rings. The Labute approximate surface area is 239 Å². The molecule has 2 aliphatic heterocycles. The Balaban J connectivity index is 1.44. The topological polar surface area (TPSA) is 101 Å². The van der Waals surface area contributed by atoms with E-state index in [0.717, 1.165) is 24.9 Å². The van der Waals surface area contributed by atoms with Crippen LogP contribution in [0.5, 0.6) is 5.75 Å². The number of piperazine rings is 1. The first-order chi connectivity index (χ1) is 19.2. The highest BCUT2D eigenvalue weighted by molar-refractivity contribution is 6.45. The number of nitrogens with two attached hydrogens (primary N) is 1. The number of fused-ring (bicyclic) bond motifs is 1. The van der Waals surface area contributed by atoms with Crippen molar-refractivity contribution in [3.05, 3.63) is 64.3 Å². The van der Waals surface area contributed by atoms with Gasteiger partial charge >= 0.3 is 0 Å². The van der Waals surface area contributed by atoms with Crippen molar-refractivity contribution in [2.24, 2.45) is 0 Å². The van der Waals surface area contributed by atoms with Gasteiger partial charge in [0.15, 0.2) is 0 Å². The van der Waals surface area contributed by atoms with Gasteiger partial charge < -0.3 is 20.4 Å². The molecule has 2 aliphatic rings. The number of halogens is 1. The predicted molar refractivity (Wildman–Crippen MR) is 155 cm³/mol. The van der Waals surface area contributed by atoms with Gasteiger partial charge in [-0.2, -0.15) is 0 Å². The van der Waals surface area contributed by atoms with Gasteiger partial charge in [-0.1, -0.05) is 23.7 Å². The van der Waals surface area contributed by atoms with Gasteiger partial charge in [0.1, 0.15) is 5.75 Å². The molecular formula is C30H36ClN5O4. The summed E-state index contributed by atoms with van der Waals surface area (Å²) in [4.78, 5) is 46.0. The third-order valence-corrected chi connectivity index (χ3v) is 8.18. The lowest BCUT2D eigenvalue weighted by Gasteiger charge is -2.44. The summed E-state index contributed by atoms with van der Waals surface area (Å²) in [5, 5.41) is 1.17. The molecule has 2 N–H and O–H groups in total. The van der Waals surface area contributed by atoms with Crippen molar-refractivity contribution in [3.63, 3.8) is 0 Å². The Kier molecular flexibility index (Phi) is 8.05. The predicted octanol–water partition coefficient (Wildman–Crippen LogP) is 3.95. The van der Waals surface area contributed by atoms with Crippen LogP contribution in [0.25, 0.3) is 10.9 Å². The van der Waals surface area contributed by atoms with Crippen molar-refractivity contribution in [2.75, 3.05) is 38.6 Å². The van der Waals surface area contributed by atoms with Crippen LogP contribution in [0.15, 0.2) is 42.6 Å². The van der Waals surface area contributed by atoms with E-state index < -0.39 is 11.7 Å². The molecule has 3 aromatic rings. The number of ketones is 1. The molecule has 0 unspecified atom stereocenters. The van der Waals surface area contributed by atoms with Crippen molar-refractivity contribution >= 4 is 40.1 Å². The number of carbonyl (C=O) groups excluding carboxylic acids is 3. The Morgan fingerprint density at radius 3 is 2.48 bits per heavy atom. The quantitative estimate of drug-likeness (QED) is 0.264. The highest BCUT2D eigenvalue weighted by Crippen LogP contribution is 2.32. The maximum Gasteiger partial charge on any atom is 0.295 e. The maximum absolute atomic E-state index is 14.0. The number of aromatic nitrogens is 1. The van der Waals surface area contributed by atoms with Crippen LogP contribution in [0.2, 0.25) is 5.02 Å². The Morgan fingerprint density at radius 1 is 1.02 bits per heavy atom. The fraction of sp³-hybridized carbons (Fsp3) is 0.433. The van der Waals surface area contributed by atoms with E-state index in [9.17, 15) is 14.4 Å². The molecule has 0 bridgehead atoms. The van der Waals surface area contributed by atoms with Crippen LogP contribution >= 0.6 is 11.6 Å². The smallest absolute Gasteiger partial charge is 0.295 e. The van der Waals surface area contributed by atoms with Crippen LogP contribution in [0.4, 0.5) is 0 Å². The average Bonchev–Trinajstić information content (AvgIpc) is 3.58. The Bertz CT molecular complexity index is 1450. The molecule has 2 atom stereocenters. The average molecular weight is 566 g/mol. The SMILES string of the molecule is CCOc1cc2c(cc1C(=O)N1C[C@H](C)N(Cc3cccc(Cl)c3)C[C@H]1C)c(C(=O)C(=O)N1CCCC1)cn2N. The van der Waals surface area contributed by atoms with Crippen LogP contribution < -0.4 is 10.6 Å². The Hall–Kier alpha value is -3.56. The fourth-order valence-electron chi connectivity index (χ4n) is 5.80. The zero-order valence-corrected chi connectivity index (χ0v) is 24.0. The minimum absolute atomic E-state index is 0.0648. The maximum atomic E-state index is 14.0. The molecule has 0 radical (unpaired) electrons. The highest BCUT2D eigenvalue weighted by Gasteiger charge is 2.35. The normalized spacial score (nSPS) is 19.8. The number of likely N-dealkylation sites (tertiary alicyclic amines) is 1. The molecule has 2 saturated heterocycles. The van der Waals surface area contributed by atoms with E-state index in [0.29, 0.717) is 60.0 Å². The van der Waals surface area contributed by atoms with Gasteiger partial charge in [-0.05, 0) is 57.4 Å². The van der Waals surface area contributed by atoms with E-state index in [2.05, 4.69) is 17.9 Å². The molecule has 1 aromatic heterocycles. The number of nitrogen functional groups attached to an aromatic ring is 1. The summed E-state index contributed by atoms with van der Waals surface area (Å²) < 4.78 is 7.20. The molecule has 9 nitrogen and oxygen atoms in total. The molecular weight excluding hydrogens is 530 g/mol. The number of rotatable bonds is 7. The fourth-order valence-corrected chi connectivity index (χ4v) is 6.02. The zero-order chi connectivity index (χ0) is 28.6. The molecule has 2 aromatic carbocycles. The van der Waals surface area contributed by atoms with Crippen LogP contribution in [-0.4, -0.2) is 81.8 Å². The molecule has 212 valence electrons. The molecule has 2 amide bonds. The molecule has 0 spiro atoms. The molecule has 0 saturated carbocycles. The second-order valence-electron chi connectivity index (χ2n) is 10.8. The van der Waals surface area contributed by atoms with Gasteiger partial charge in [0.05, 0.1) is 23.3 Å². The number of Topliss-reactive ketones (excluding diaryl/α,β-unsaturated/α-hetero) is 1. The lowest BCUT2D eigenvalue weighted by molar-refractivity contribution is -0.125. The summed E-state index contributed by atoms with van der Waals surface area (Å²) in [7, 11) is 0. The minimum atomic E-state index is -0.615. The summed E-state index contributed by atoms with van der Waals surface area (Å²) in [5.41, 5.74) is 2.19. The first kappa shape index (κ1) is 28.0. The first-order valence-corrected chi connectivity index (χ1v) is 14.3. The largest absolute Gasteiger partial charge is 0.493 e. The lowest BCUT2D eigenvalue weighted by Crippen LogP contribution is -2.57. The van der Waals surface area contributed by atoms with E-state index in [1.807, 2.05) is 36.9 Å². The number of hydrogen-bond acceptors (Lipinski definition) is 6. The summed E-state index contributed by atoms with van der Waals surface area (Å²) >= 11 is 6.19. The van der Waals surface area contributed by atoms with Crippen LogP contribution in [0.1, 0.15) is 59.9 Å². The summed E-state index contributed by atoms with van der Waals surface area (Å²) in [6, 6.07) is 11.2. The number of carbonyl (C=O) groups is 3. The zero-order valence-electron chi connectivity index (χ0n) is 23.2. The number of amides is 2. The lowest BCUT2D eigenvalue weighted by atomic mass is 10.0. The summed E-state index contributed by atoms with van der Waals surface area (Å²) in [6.45, 7) is 9.46. The van der Waals surface area contributed by atoms with Crippen molar-refractivity contribution in [1.82, 2.24) is 19.4 Å². The monoisotopic (exact) mass is 565 g/mol. The van der Waals surface area contributed by atoms with Gasteiger partial charge in [0.25, 0.3) is 17.6 Å². The van der Waals surface area contributed by atoms with Crippen molar-refractivity contribution in [1.29, 1.82) is 0 Å². The van der Waals surface area contributed by atoms with Crippen molar-refractivity contribution < 1.29 is 19.1 Å². The van der Waals surface area contributed by atoms with Crippen molar-refractivity contribution in [2.45, 2.75) is 52.2 Å². The molecule has 40 heavy (non-hydrogen) atoms. The van der Waals surface area contributed by atoms with E-state index in [1.54, 1.807) is 17.0 Å². The van der Waals surface area contributed by atoms with Gasteiger partial charge in [0, 0.05) is 67.5 Å². The second-order valence-corrected chi connectivity index (χ2v) is 11.2. The second kappa shape index (κ2) is 11.5. The standard InChI is InChI=1S/C30H36ClN5O4/c1-4-40-27-14-26-23(25(18-36(26)32)28(37)30(39)33-10-5-6-11-33)13-24(27)29(38)35-16-19(2)34(15-20(35)3)17-21-8-7-9-22(31)12-21/h7-9,12-14,18-20H,4-6,10-11,15-17,32H2,1-3H3/t19-,20+/m0/s1. The molecule has 10 heteroatoms.